The number of piperidine rings is 1. The van der Waals surface area contributed by atoms with Gasteiger partial charge in [-0.05, 0) is 50.0 Å². The molecule has 2 bridgehead atoms. The predicted molar refractivity (Wildman–Crippen MR) is 160 cm³/mol. The van der Waals surface area contributed by atoms with Gasteiger partial charge in [0, 0.05) is 24.7 Å². The fourth-order valence-corrected chi connectivity index (χ4v) is 10.7. The fourth-order valence-electron chi connectivity index (χ4n) is 10.7. The minimum atomic E-state index is -2.12. The number of ether oxygens (including phenoxy) is 2. The van der Waals surface area contributed by atoms with Crippen LogP contribution in [-0.2, 0) is 19.1 Å². The van der Waals surface area contributed by atoms with E-state index in [0.717, 1.165) is 50.6 Å². The zero-order valence-electron chi connectivity index (χ0n) is 26.0. The number of quaternary nitrogens is 1. The van der Waals surface area contributed by atoms with Crippen molar-refractivity contribution >= 4 is 11.6 Å². The standard InChI is InChI=1S/C34H48N2O9/c1-17-13-20-25(21(38)14-17)28(40)26-19(27(20)39)5-4-6-22(26)44-30-29(41)34(43)23(7-11-33(16-37,45-30)31(34)42)32(9-2-3-10-32)18-8-12-36-24(35)15-18/h7,11,13-14,18-20,22-26,29-31,36-38,41-43H,2-6,8-10,12,15-16,35H2,1H3/p+1. The van der Waals surface area contributed by atoms with Gasteiger partial charge in [-0.2, -0.15) is 0 Å². The molecule has 0 spiro atoms. The first kappa shape index (κ1) is 31.6. The summed E-state index contributed by atoms with van der Waals surface area (Å²) >= 11 is 0. The van der Waals surface area contributed by atoms with E-state index in [9.17, 15) is 35.1 Å². The molecule has 0 aromatic rings. The molecule has 2 aliphatic heterocycles. The molecule has 7 rings (SSSR count). The number of carbonyl (C=O) groups is 2. The van der Waals surface area contributed by atoms with Crippen molar-refractivity contribution in [2.24, 2.45) is 46.7 Å². The number of ketones is 2. The van der Waals surface area contributed by atoms with Crippen LogP contribution < -0.4 is 11.1 Å². The molecule has 0 aromatic carbocycles. The van der Waals surface area contributed by atoms with Crippen molar-refractivity contribution in [3.63, 3.8) is 0 Å². The minimum absolute atomic E-state index is 0.0620. The quantitative estimate of drug-likeness (QED) is 0.205. The maximum absolute atomic E-state index is 14.0. The molecular formula is C34H49N2O9+. The molecular weight excluding hydrogens is 580 g/mol. The highest BCUT2D eigenvalue weighted by Crippen LogP contribution is 2.61. The molecule has 3 saturated carbocycles. The summed E-state index contributed by atoms with van der Waals surface area (Å²) in [6.07, 6.45) is 7.75. The van der Waals surface area contributed by atoms with Crippen LogP contribution in [0.15, 0.2) is 35.6 Å². The van der Waals surface area contributed by atoms with E-state index in [0.29, 0.717) is 19.3 Å². The SMILES string of the molecule is CC1=CC2C(=O)C3CCCC(OC4OC5(CO)C=CC(C6(C7CC[NH2+]C(N)C7)CCCC6)C(O)(C4O)C5O)C3C(=O)C2C(O)=C1. The number of allylic oxidation sites excluding steroid dienone is 4. The maximum Gasteiger partial charge on any atom is 0.188 e. The number of Topliss-reactive ketones (excluding diaryl/α,β-unsaturated/α-hetero) is 2. The summed E-state index contributed by atoms with van der Waals surface area (Å²) in [5, 5.41) is 59.9. The van der Waals surface area contributed by atoms with Gasteiger partial charge in [-0.1, -0.05) is 43.1 Å². The Morgan fingerprint density at radius 3 is 2.58 bits per heavy atom. The Kier molecular flexibility index (Phi) is 7.97. The van der Waals surface area contributed by atoms with Crippen molar-refractivity contribution in [2.45, 2.75) is 107 Å². The van der Waals surface area contributed by atoms with Crippen molar-refractivity contribution in [1.29, 1.82) is 0 Å². The van der Waals surface area contributed by atoms with Gasteiger partial charge in [0.1, 0.15) is 41.1 Å². The summed E-state index contributed by atoms with van der Waals surface area (Å²) in [7, 11) is 0. The van der Waals surface area contributed by atoms with Crippen LogP contribution in [0, 0.1) is 40.9 Å². The summed E-state index contributed by atoms with van der Waals surface area (Å²) in [5.41, 5.74) is 2.85. The molecule has 11 heteroatoms. The first-order valence-electron chi connectivity index (χ1n) is 16.9. The third kappa shape index (κ3) is 4.60. The van der Waals surface area contributed by atoms with Crippen molar-refractivity contribution < 1.29 is 49.9 Å². The van der Waals surface area contributed by atoms with Gasteiger partial charge in [0.05, 0.1) is 37.0 Å². The van der Waals surface area contributed by atoms with E-state index in [1.807, 2.05) is 6.08 Å². The number of rotatable bonds is 5. The monoisotopic (exact) mass is 629 g/mol. The number of nitrogens with two attached hydrogens (primary N) is 2. The predicted octanol–water partition coefficient (Wildman–Crippen LogP) is 0.119. The van der Waals surface area contributed by atoms with Gasteiger partial charge in [0.15, 0.2) is 12.1 Å². The van der Waals surface area contributed by atoms with Crippen molar-refractivity contribution in [3.8, 4) is 0 Å². The second-order valence-electron chi connectivity index (χ2n) is 15.0. The van der Waals surface area contributed by atoms with Gasteiger partial charge in [0.2, 0.25) is 0 Å². The third-order valence-electron chi connectivity index (χ3n) is 12.8. The lowest BCUT2D eigenvalue weighted by atomic mass is 9.52. The molecule has 7 aliphatic rings. The van der Waals surface area contributed by atoms with Gasteiger partial charge in [-0.25, -0.2) is 0 Å². The lowest BCUT2D eigenvalue weighted by Gasteiger charge is -2.62. The van der Waals surface area contributed by atoms with E-state index in [4.69, 9.17) is 15.2 Å². The molecule has 2 saturated heterocycles. The van der Waals surface area contributed by atoms with Gasteiger partial charge >= 0.3 is 0 Å². The number of hydrogen-bond acceptors (Lipinski definition) is 10. The van der Waals surface area contributed by atoms with Crippen LogP contribution >= 0.6 is 0 Å². The number of fused-ring (bicyclic) bond motifs is 4. The number of hydrogen-bond donors (Lipinski definition) is 7. The van der Waals surface area contributed by atoms with Crippen LogP contribution in [0.5, 0.6) is 0 Å². The maximum atomic E-state index is 14.0. The highest BCUT2D eigenvalue weighted by Gasteiger charge is 2.70. The van der Waals surface area contributed by atoms with Gasteiger partial charge in [0.25, 0.3) is 0 Å². The molecule has 11 nitrogen and oxygen atoms in total. The fraction of sp³-hybridized carbons (Fsp3) is 0.765. The molecule has 5 fully saturated rings. The molecule has 9 N–H and O–H groups in total. The second kappa shape index (κ2) is 11.3. The Bertz CT molecular complexity index is 1310. The van der Waals surface area contributed by atoms with E-state index >= 15 is 0 Å². The van der Waals surface area contributed by atoms with Crippen LogP contribution in [0.25, 0.3) is 0 Å². The average molecular weight is 630 g/mol. The van der Waals surface area contributed by atoms with Crippen molar-refractivity contribution in [3.05, 3.63) is 35.6 Å². The first-order valence-corrected chi connectivity index (χ1v) is 16.9. The first-order chi connectivity index (χ1) is 21.5. The zero-order chi connectivity index (χ0) is 31.9. The summed E-state index contributed by atoms with van der Waals surface area (Å²) in [6.45, 7) is 1.99. The van der Waals surface area contributed by atoms with E-state index in [-0.39, 0.29) is 29.4 Å². The minimum Gasteiger partial charge on any atom is -0.512 e. The topological polar surface area (TPSA) is 196 Å². The molecule has 0 radical (unpaired) electrons. The Morgan fingerprint density at radius 2 is 1.87 bits per heavy atom. The summed E-state index contributed by atoms with van der Waals surface area (Å²) in [4.78, 5) is 27.7. The highest BCUT2D eigenvalue weighted by molar-refractivity contribution is 6.02. The Balaban J connectivity index is 1.22. The molecule has 0 amide bonds. The zero-order valence-corrected chi connectivity index (χ0v) is 26.0. The summed E-state index contributed by atoms with van der Waals surface area (Å²) < 4.78 is 12.6. The largest absolute Gasteiger partial charge is 0.512 e. The van der Waals surface area contributed by atoms with Gasteiger partial charge < -0.3 is 40.3 Å². The van der Waals surface area contributed by atoms with Crippen LogP contribution in [-0.4, -0.2) is 92.2 Å². The molecule has 13 unspecified atom stereocenters. The average Bonchev–Trinajstić information content (AvgIpc) is 3.51. The Hall–Kier alpha value is -1.96. The van der Waals surface area contributed by atoms with E-state index < -0.39 is 77.4 Å². The normalized spacial score (nSPS) is 49.2. The highest BCUT2D eigenvalue weighted by atomic mass is 16.7. The van der Waals surface area contributed by atoms with Gasteiger partial charge in [-0.3, -0.25) is 15.3 Å². The van der Waals surface area contributed by atoms with Gasteiger partial charge in [-0.15, -0.1) is 0 Å². The number of aliphatic hydroxyl groups is 5. The van der Waals surface area contributed by atoms with E-state index in [1.54, 1.807) is 19.1 Å². The third-order valence-corrected chi connectivity index (χ3v) is 12.8. The molecule has 0 aromatic heterocycles. The molecule has 13 atom stereocenters. The van der Waals surface area contributed by atoms with E-state index in [1.165, 1.54) is 6.08 Å². The second-order valence-corrected chi connectivity index (χ2v) is 15.0. The van der Waals surface area contributed by atoms with Crippen molar-refractivity contribution in [1.82, 2.24) is 0 Å². The summed E-state index contributed by atoms with van der Waals surface area (Å²) in [5.74, 6) is -4.14. The molecule has 248 valence electrons. The lowest BCUT2D eigenvalue weighted by molar-refractivity contribution is -0.700. The Labute approximate surface area is 263 Å². The molecule has 45 heavy (non-hydrogen) atoms. The number of carbonyl (C=O) groups excluding carboxylic acids is 2. The number of aliphatic hydroxyl groups excluding tert-OH is 4. The lowest BCUT2D eigenvalue weighted by Crippen LogP contribution is -2.95. The van der Waals surface area contributed by atoms with Crippen LogP contribution in [0.2, 0.25) is 0 Å². The van der Waals surface area contributed by atoms with Crippen LogP contribution in [0.3, 0.4) is 0 Å². The van der Waals surface area contributed by atoms with E-state index in [2.05, 4.69) is 5.32 Å². The molecule has 5 aliphatic carbocycles. The van der Waals surface area contributed by atoms with Crippen LogP contribution in [0.1, 0.15) is 64.7 Å². The smallest absolute Gasteiger partial charge is 0.188 e. The van der Waals surface area contributed by atoms with Crippen molar-refractivity contribution in [2.75, 3.05) is 13.2 Å². The van der Waals surface area contributed by atoms with Crippen LogP contribution in [0.4, 0.5) is 0 Å². The summed E-state index contributed by atoms with van der Waals surface area (Å²) in [6, 6.07) is 0. The molecule has 2 heterocycles. The Morgan fingerprint density at radius 1 is 1.11 bits per heavy atom.